The lowest BCUT2D eigenvalue weighted by molar-refractivity contribution is -0.120. The molecule has 0 fully saturated rings. The van der Waals surface area contributed by atoms with Crippen molar-refractivity contribution in [3.8, 4) is 0 Å². The van der Waals surface area contributed by atoms with Crippen LogP contribution < -0.4 is 10.9 Å². The molecule has 4 heteroatoms. The van der Waals surface area contributed by atoms with Crippen LogP contribution in [0.5, 0.6) is 0 Å². The maximum absolute atomic E-state index is 11.9. The van der Waals surface area contributed by atoms with Gasteiger partial charge in [-0.25, -0.2) is 0 Å². The van der Waals surface area contributed by atoms with E-state index in [2.05, 4.69) is 10.3 Å². The number of aromatic nitrogens is 1. The van der Waals surface area contributed by atoms with E-state index < -0.39 is 0 Å². The van der Waals surface area contributed by atoms with Crippen LogP contribution in [0.4, 0.5) is 0 Å². The van der Waals surface area contributed by atoms with E-state index in [1.54, 1.807) is 0 Å². The molecule has 0 aliphatic rings. The van der Waals surface area contributed by atoms with Crippen LogP contribution in [0.3, 0.4) is 0 Å². The quantitative estimate of drug-likeness (QED) is 0.890. The zero-order valence-electron chi connectivity index (χ0n) is 11.7. The monoisotopic (exact) mass is 270 g/mol. The molecule has 104 valence electrons. The average molecular weight is 270 g/mol. The molecule has 0 unspecified atom stereocenters. The third kappa shape index (κ3) is 3.57. The van der Waals surface area contributed by atoms with Crippen molar-refractivity contribution in [2.75, 3.05) is 0 Å². The normalized spacial score (nSPS) is 10.3. The SMILES string of the molecule is Cc1cc(C)c(CNC(=O)Cc2ccccc2)c(=O)[nH]1. The van der Waals surface area contributed by atoms with E-state index in [0.29, 0.717) is 12.0 Å². The summed E-state index contributed by atoms with van der Waals surface area (Å²) in [6.45, 7) is 3.97. The fraction of sp³-hybridized carbons (Fsp3) is 0.250. The first-order chi connectivity index (χ1) is 9.56. The fourth-order valence-corrected chi connectivity index (χ4v) is 2.13. The molecular weight excluding hydrogens is 252 g/mol. The Hall–Kier alpha value is -2.36. The summed E-state index contributed by atoms with van der Waals surface area (Å²) in [5.41, 5.74) is 3.15. The lowest BCUT2D eigenvalue weighted by Gasteiger charge is -2.08. The molecule has 0 saturated carbocycles. The van der Waals surface area contributed by atoms with Crippen LogP contribution in [-0.2, 0) is 17.8 Å². The molecule has 0 spiro atoms. The number of aryl methyl sites for hydroxylation is 2. The average Bonchev–Trinajstić information content (AvgIpc) is 2.38. The molecule has 1 aromatic carbocycles. The standard InChI is InChI=1S/C16H18N2O2/c1-11-8-12(2)18-16(20)14(11)10-17-15(19)9-13-6-4-3-5-7-13/h3-8H,9-10H2,1-2H3,(H,17,19)(H,18,20). The smallest absolute Gasteiger partial charge is 0.253 e. The third-order valence-electron chi connectivity index (χ3n) is 3.16. The van der Waals surface area contributed by atoms with Crippen LogP contribution >= 0.6 is 0 Å². The first-order valence-corrected chi connectivity index (χ1v) is 6.56. The Morgan fingerprint density at radius 1 is 1.20 bits per heavy atom. The second-order valence-corrected chi connectivity index (χ2v) is 4.88. The van der Waals surface area contributed by atoms with Crippen LogP contribution in [0, 0.1) is 13.8 Å². The summed E-state index contributed by atoms with van der Waals surface area (Å²) in [6, 6.07) is 11.4. The van der Waals surface area contributed by atoms with Gasteiger partial charge in [0.1, 0.15) is 0 Å². The number of pyridine rings is 1. The molecule has 0 radical (unpaired) electrons. The molecule has 1 aromatic heterocycles. The van der Waals surface area contributed by atoms with Crippen molar-refractivity contribution in [1.29, 1.82) is 0 Å². The molecule has 0 saturated heterocycles. The van der Waals surface area contributed by atoms with E-state index >= 15 is 0 Å². The van der Waals surface area contributed by atoms with Crippen LogP contribution in [-0.4, -0.2) is 10.9 Å². The molecule has 1 amide bonds. The van der Waals surface area contributed by atoms with Crippen LogP contribution in [0.15, 0.2) is 41.2 Å². The van der Waals surface area contributed by atoms with Gasteiger partial charge >= 0.3 is 0 Å². The Labute approximate surface area is 117 Å². The van der Waals surface area contributed by atoms with E-state index in [9.17, 15) is 9.59 Å². The Balaban J connectivity index is 1.99. The Morgan fingerprint density at radius 2 is 1.90 bits per heavy atom. The van der Waals surface area contributed by atoms with Crippen molar-refractivity contribution >= 4 is 5.91 Å². The van der Waals surface area contributed by atoms with Gasteiger partial charge in [-0.15, -0.1) is 0 Å². The Morgan fingerprint density at radius 3 is 2.55 bits per heavy atom. The first kappa shape index (κ1) is 14.1. The van der Waals surface area contributed by atoms with E-state index in [1.165, 1.54) is 0 Å². The van der Waals surface area contributed by atoms with E-state index in [4.69, 9.17) is 0 Å². The maximum Gasteiger partial charge on any atom is 0.253 e. The highest BCUT2D eigenvalue weighted by Gasteiger charge is 2.08. The van der Waals surface area contributed by atoms with E-state index in [-0.39, 0.29) is 18.0 Å². The Bertz CT molecular complexity index is 660. The molecule has 0 atom stereocenters. The highest BCUT2D eigenvalue weighted by molar-refractivity contribution is 5.78. The number of nitrogens with one attached hydrogen (secondary N) is 2. The number of benzene rings is 1. The van der Waals surface area contributed by atoms with E-state index in [0.717, 1.165) is 16.8 Å². The lowest BCUT2D eigenvalue weighted by atomic mass is 10.1. The van der Waals surface area contributed by atoms with Crippen molar-refractivity contribution in [3.63, 3.8) is 0 Å². The zero-order valence-corrected chi connectivity index (χ0v) is 11.7. The molecule has 4 nitrogen and oxygen atoms in total. The first-order valence-electron chi connectivity index (χ1n) is 6.56. The molecular formula is C16H18N2O2. The van der Waals surface area contributed by atoms with Gasteiger partial charge in [0.15, 0.2) is 0 Å². The van der Waals surface area contributed by atoms with Gasteiger partial charge in [-0.1, -0.05) is 30.3 Å². The van der Waals surface area contributed by atoms with Crippen molar-refractivity contribution in [2.45, 2.75) is 26.8 Å². The van der Waals surface area contributed by atoms with Crippen molar-refractivity contribution < 1.29 is 4.79 Å². The van der Waals surface area contributed by atoms with Crippen molar-refractivity contribution in [3.05, 3.63) is 69.1 Å². The minimum Gasteiger partial charge on any atom is -0.352 e. The number of carbonyl (C=O) groups is 1. The van der Waals surface area contributed by atoms with Gasteiger partial charge in [-0.2, -0.15) is 0 Å². The van der Waals surface area contributed by atoms with Crippen LogP contribution in [0.25, 0.3) is 0 Å². The topological polar surface area (TPSA) is 62.0 Å². The summed E-state index contributed by atoms with van der Waals surface area (Å²) in [7, 11) is 0. The van der Waals surface area contributed by atoms with E-state index in [1.807, 2.05) is 50.2 Å². The molecule has 2 rings (SSSR count). The van der Waals surface area contributed by atoms with Gasteiger partial charge in [-0.3, -0.25) is 9.59 Å². The number of hydrogen-bond acceptors (Lipinski definition) is 2. The number of amides is 1. The summed E-state index contributed by atoms with van der Waals surface area (Å²) in [4.78, 5) is 26.4. The van der Waals surface area contributed by atoms with Gasteiger partial charge in [-0.05, 0) is 31.0 Å². The third-order valence-corrected chi connectivity index (χ3v) is 3.16. The Kier molecular flexibility index (Phi) is 4.35. The maximum atomic E-state index is 11.9. The number of rotatable bonds is 4. The van der Waals surface area contributed by atoms with Gasteiger partial charge in [0.2, 0.25) is 5.91 Å². The second kappa shape index (κ2) is 6.19. The largest absolute Gasteiger partial charge is 0.352 e. The molecule has 1 heterocycles. The summed E-state index contributed by atoms with van der Waals surface area (Å²) in [5.74, 6) is -0.0874. The molecule has 0 aliphatic carbocycles. The van der Waals surface area contributed by atoms with Crippen molar-refractivity contribution in [2.24, 2.45) is 0 Å². The van der Waals surface area contributed by atoms with Crippen molar-refractivity contribution in [1.82, 2.24) is 10.3 Å². The lowest BCUT2D eigenvalue weighted by Crippen LogP contribution is -2.29. The highest BCUT2D eigenvalue weighted by Crippen LogP contribution is 2.04. The highest BCUT2D eigenvalue weighted by atomic mass is 16.1. The summed E-state index contributed by atoms with van der Waals surface area (Å²) >= 11 is 0. The minimum absolute atomic E-state index is 0.0874. The molecule has 2 aromatic rings. The van der Waals surface area contributed by atoms with Crippen LogP contribution in [0.2, 0.25) is 0 Å². The number of hydrogen-bond donors (Lipinski definition) is 2. The molecule has 20 heavy (non-hydrogen) atoms. The summed E-state index contributed by atoms with van der Waals surface area (Å²) < 4.78 is 0. The fourth-order valence-electron chi connectivity index (χ4n) is 2.13. The molecule has 2 N–H and O–H groups in total. The van der Waals surface area contributed by atoms with Gasteiger partial charge in [0, 0.05) is 17.8 Å². The van der Waals surface area contributed by atoms with Gasteiger partial charge in [0.05, 0.1) is 6.42 Å². The predicted molar refractivity (Wildman–Crippen MR) is 78.5 cm³/mol. The summed E-state index contributed by atoms with van der Waals surface area (Å²) in [5, 5.41) is 2.79. The number of carbonyl (C=O) groups excluding carboxylic acids is 1. The number of H-pyrrole nitrogens is 1. The van der Waals surface area contributed by atoms with Gasteiger partial charge < -0.3 is 10.3 Å². The minimum atomic E-state index is -0.137. The van der Waals surface area contributed by atoms with Gasteiger partial charge in [0.25, 0.3) is 5.56 Å². The zero-order chi connectivity index (χ0) is 14.5. The number of aromatic amines is 1. The van der Waals surface area contributed by atoms with Crippen LogP contribution in [0.1, 0.15) is 22.4 Å². The molecule has 0 bridgehead atoms. The molecule has 0 aliphatic heterocycles. The predicted octanol–water partition coefficient (Wildman–Crippen LogP) is 1.85. The second-order valence-electron chi connectivity index (χ2n) is 4.88. The summed E-state index contributed by atoms with van der Waals surface area (Å²) in [6.07, 6.45) is 0.323.